The quantitative estimate of drug-likeness (QED) is 0.354. The summed E-state index contributed by atoms with van der Waals surface area (Å²) >= 11 is 11.0. The molecule has 0 aliphatic rings. The first-order valence-electron chi connectivity index (χ1n) is 10.6. The van der Waals surface area contributed by atoms with Crippen molar-refractivity contribution in [1.82, 2.24) is 10.2 Å². The van der Waals surface area contributed by atoms with Crippen molar-refractivity contribution in [3.05, 3.63) is 105 Å². The summed E-state index contributed by atoms with van der Waals surface area (Å²) in [6, 6.07) is 24.6. The Hall–Kier alpha value is -2.28. The van der Waals surface area contributed by atoms with Crippen molar-refractivity contribution in [1.29, 1.82) is 0 Å². The number of thioether (sulfide) groups is 1. The zero-order valence-electron chi connectivity index (χ0n) is 18.3. The number of amides is 2. The molecule has 1 N–H and O–H groups in total. The SMILES string of the molecule is CNC(=O)[C@@H](Cc1ccccc1)N(Cc1ccc(Cl)cc1)C(=O)CSCc1ccc(Br)cc1. The molecule has 0 radical (unpaired) electrons. The Morgan fingerprint density at radius 1 is 0.939 bits per heavy atom. The van der Waals surface area contributed by atoms with Gasteiger partial charge in [0.15, 0.2) is 0 Å². The molecule has 4 nitrogen and oxygen atoms in total. The van der Waals surface area contributed by atoms with Crippen molar-refractivity contribution in [3.8, 4) is 0 Å². The first-order valence-corrected chi connectivity index (χ1v) is 12.9. The van der Waals surface area contributed by atoms with Crippen molar-refractivity contribution in [2.75, 3.05) is 12.8 Å². The van der Waals surface area contributed by atoms with Crippen LogP contribution in [0.25, 0.3) is 0 Å². The summed E-state index contributed by atoms with van der Waals surface area (Å²) in [7, 11) is 1.60. The van der Waals surface area contributed by atoms with Gasteiger partial charge in [0.05, 0.1) is 5.75 Å². The van der Waals surface area contributed by atoms with E-state index < -0.39 is 6.04 Å². The highest BCUT2D eigenvalue weighted by Gasteiger charge is 2.29. The maximum Gasteiger partial charge on any atom is 0.242 e. The third-order valence-electron chi connectivity index (χ3n) is 5.19. The van der Waals surface area contributed by atoms with Crippen LogP contribution >= 0.6 is 39.3 Å². The van der Waals surface area contributed by atoms with E-state index in [1.165, 1.54) is 0 Å². The fraction of sp³-hybridized carbons (Fsp3) is 0.231. The Bertz CT molecular complexity index is 1050. The third-order valence-corrected chi connectivity index (χ3v) is 6.96. The monoisotopic (exact) mass is 544 g/mol. The van der Waals surface area contributed by atoms with Crippen molar-refractivity contribution in [2.45, 2.75) is 24.8 Å². The van der Waals surface area contributed by atoms with Gasteiger partial charge in [-0.15, -0.1) is 11.8 Å². The van der Waals surface area contributed by atoms with Gasteiger partial charge in [-0.05, 0) is 41.0 Å². The average molecular weight is 546 g/mol. The van der Waals surface area contributed by atoms with Gasteiger partial charge in [-0.2, -0.15) is 0 Å². The molecule has 3 aromatic carbocycles. The lowest BCUT2D eigenvalue weighted by molar-refractivity contribution is -0.139. The maximum absolute atomic E-state index is 13.4. The lowest BCUT2D eigenvalue weighted by atomic mass is 10.0. The molecule has 1 atom stereocenters. The number of benzene rings is 3. The molecule has 2 amide bonds. The van der Waals surface area contributed by atoms with Gasteiger partial charge in [0.1, 0.15) is 6.04 Å². The van der Waals surface area contributed by atoms with E-state index in [4.69, 9.17) is 11.6 Å². The highest BCUT2D eigenvalue weighted by atomic mass is 79.9. The Kier molecular flexibility index (Phi) is 9.85. The van der Waals surface area contributed by atoms with E-state index in [2.05, 4.69) is 21.2 Å². The van der Waals surface area contributed by atoms with Gasteiger partial charge in [0, 0.05) is 35.3 Å². The predicted octanol–water partition coefficient (Wildman–Crippen LogP) is 5.72. The van der Waals surface area contributed by atoms with E-state index in [0.717, 1.165) is 26.9 Å². The second kappa shape index (κ2) is 12.8. The van der Waals surface area contributed by atoms with Crippen LogP contribution in [0.5, 0.6) is 0 Å². The Balaban J connectivity index is 1.79. The van der Waals surface area contributed by atoms with Crippen molar-refractivity contribution >= 4 is 51.1 Å². The number of hydrogen-bond acceptors (Lipinski definition) is 3. The molecule has 0 aromatic heterocycles. The largest absolute Gasteiger partial charge is 0.357 e. The van der Waals surface area contributed by atoms with Crippen molar-refractivity contribution in [3.63, 3.8) is 0 Å². The minimum atomic E-state index is -0.617. The first-order chi connectivity index (χ1) is 16.0. The van der Waals surface area contributed by atoms with Crippen LogP contribution in [0.2, 0.25) is 5.02 Å². The normalized spacial score (nSPS) is 11.6. The van der Waals surface area contributed by atoms with Gasteiger partial charge in [-0.1, -0.05) is 82.1 Å². The van der Waals surface area contributed by atoms with Gasteiger partial charge in [0.25, 0.3) is 0 Å². The summed E-state index contributed by atoms with van der Waals surface area (Å²) in [4.78, 5) is 28.0. The number of carbonyl (C=O) groups excluding carboxylic acids is 2. The summed E-state index contributed by atoms with van der Waals surface area (Å²) in [5, 5.41) is 3.37. The number of likely N-dealkylation sites (N-methyl/N-ethyl adjacent to an activating group) is 1. The average Bonchev–Trinajstić information content (AvgIpc) is 2.83. The van der Waals surface area contributed by atoms with E-state index in [-0.39, 0.29) is 17.6 Å². The standard InChI is InChI=1S/C26H26BrClN2O2S/c1-29-26(32)24(15-19-5-3-2-4-6-19)30(16-20-9-13-23(28)14-10-20)25(31)18-33-17-21-7-11-22(27)12-8-21/h2-14,24H,15-18H2,1H3,(H,29,32)/t24-/m1/s1. The third kappa shape index (κ3) is 7.91. The number of hydrogen-bond donors (Lipinski definition) is 1. The number of nitrogens with one attached hydrogen (secondary N) is 1. The van der Waals surface area contributed by atoms with E-state index in [9.17, 15) is 9.59 Å². The molecule has 0 heterocycles. The van der Waals surface area contributed by atoms with Gasteiger partial charge >= 0.3 is 0 Å². The highest BCUT2D eigenvalue weighted by Crippen LogP contribution is 2.20. The Morgan fingerprint density at radius 2 is 1.58 bits per heavy atom. The smallest absolute Gasteiger partial charge is 0.242 e. The summed E-state index contributed by atoms with van der Waals surface area (Å²) in [6.45, 7) is 0.333. The molecule has 0 aliphatic carbocycles. The van der Waals surface area contributed by atoms with Crippen LogP contribution in [-0.4, -0.2) is 35.6 Å². The molecule has 0 unspecified atom stereocenters. The van der Waals surface area contributed by atoms with Crippen molar-refractivity contribution in [2.24, 2.45) is 0 Å². The number of halogens is 2. The number of nitrogens with zero attached hydrogens (tertiary/aromatic N) is 1. The van der Waals surface area contributed by atoms with Gasteiger partial charge in [-0.3, -0.25) is 9.59 Å². The van der Waals surface area contributed by atoms with Crippen LogP contribution in [0.1, 0.15) is 16.7 Å². The first kappa shape index (κ1) is 25.3. The fourth-order valence-corrected chi connectivity index (χ4v) is 4.69. The highest BCUT2D eigenvalue weighted by molar-refractivity contribution is 9.10. The van der Waals surface area contributed by atoms with Gasteiger partial charge < -0.3 is 10.2 Å². The van der Waals surface area contributed by atoms with Crippen molar-refractivity contribution < 1.29 is 9.59 Å². The van der Waals surface area contributed by atoms with Crippen LogP contribution in [0.15, 0.2) is 83.3 Å². The maximum atomic E-state index is 13.4. The molecule has 0 bridgehead atoms. The Morgan fingerprint density at radius 3 is 2.21 bits per heavy atom. The zero-order valence-corrected chi connectivity index (χ0v) is 21.5. The topological polar surface area (TPSA) is 49.4 Å². The molecule has 7 heteroatoms. The van der Waals surface area contributed by atoms with Crippen LogP contribution < -0.4 is 5.32 Å². The van der Waals surface area contributed by atoms with Crippen LogP contribution in [-0.2, 0) is 28.3 Å². The molecule has 3 rings (SSSR count). The second-order valence-corrected chi connectivity index (χ2v) is 9.92. The molecule has 0 spiro atoms. The van der Waals surface area contributed by atoms with E-state index >= 15 is 0 Å². The second-order valence-electron chi connectivity index (χ2n) is 7.59. The summed E-state index contributed by atoms with van der Waals surface area (Å²) in [5.74, 6) is 0.749. The zero-order chi connectivity index (χ0) is 23.6. The van der Waals surface area contributed by atoms with E-state index in [1.54, 1.807) is 35.8 Å². The van der Waals surface area contributed by atoms with E-state index in [0.29, 0.717) is 18.0 Å². The number of rotatable bonds is 10. The summed E-state index contributed by atoms with van der Waals surface area (Å²) in [6.07, 6.45) is 0.442. The van der Waals surface area contributed by atoms with Gasteiger partial charge in [-0.25, -0.2) is 0 Å². The molecule has 3 aromatic rings. The molecule has 0 aliphatic heterocycles. The predicted molar refractivity (Wildman–Crippen MR) is 140 cm³/mol. The lowest BCUT2D eigenvalue weighted by Crippen LogP contribution is -2.50. The molecule has 33 heavy (non-hydrogen) atoms. The van der Waals surface area contributed by atoms with Gasteiger partial charge in [0.2, 0.25) is 11.8 Å². The van der Waals surface area contributed by atoms with E-state index in [1.807, 2.05) is 66.7 Å². The number of carbonyl (C=O) groups is 2. The molecule has 172 valence electrons. The minimum absolute atomic E-state index is 0.0726. The van der Waals surface area contributed by atoms with Crippen LogP contribution in [0, 0.1) is 0 Å². The molecule has 0 fully saturated rings. The minimum Gasteiger partial charge on any atom is -0.357 e. The molecular formula is C26H26BrClN2O2S. The molecular weight excluding hydrogens is 520 g/mol. The molecule has 0 saturated carbocycles. The summed E-state index contributed by atoms with van der Waals surface area (Å²) < 4.78 is 1.02. The fourth-order valence-electron chi connectivity index (χ4n) is 3.43. The Labute approximate surface area is 212 Å². The lowest BCUT2D eigenvalue weighted by Gasteiger charge is -2.31. The van der Waals surface area contributed by atoms with Crippen LogP contribution in [0.4, 0.5) is 0 Å². The molecule has 0 saturated heterocycles. The summed E-state index contributed by atoms with van der Waals surface area (Å²) in [5.41, 5.74) is 3.07. The van der Waals surface area contributed by atoms with Crippen LogP contribution in [0.3, 0.4) is 0 Å².